The van der Waals surface area contributed by atoms with E-state index in [1.165, 1.54) is 48.0 Å². The van der Waals surface area contributed by atoms with Crippen LogP contribution in [0.5, 0.6) is 0 Å². The Bertz CT molecular complexity index is 400. The molecule has 19 heavy (non-hydrogen) atoms. The van der Waals surface area contributed by atoms with Gasteiger partial charge in [0.15, 0.2) is 0 Å². The van der Waals surface area contributed by atoms with Gasteiger partial charge in [0, 0.05) is 23.6 Å². The molecule has 0 aromatic heterocycles. The molecule has 1 aliphatic rings. The minimum atomic E-state index is 0.696. The second-order valence-electron chi connectivity index (χ2n) is 5.57. The predicted octanol–water partition coefficient (Wildman–Crippen LogP) is 3.72. The van der Waals surface area contributed by atoms with Gasteiger partial charge in [0.2, 0.25) is 0 Å². The van der Waals surface area contributed by atoms with E-state index >= 15 is 0 Å². The summed E-state index contributed by atoms with van der Waals surface area (Å²) in [7, 11) is 0. The Morgan fingerprint density at radius 2 is 2.26 bits per heavy atom. The Balaban J connectivity index is 2.06. The lowest BCUT2D eigenvalue weighted by atomic mass is 10.0. The summed E-state index contributed by atoms with van der Waals surface area (Å²) in [6, 6.07) is 7.39. The fraction of sp³-hybridized carbons (Fsp3) is 0.625. The predicted molar refractivity (Wildman–Crippen MR) is 85.5 cm³/mol. The molecule has 1 saturated heterocycles. The minimum Gasteiger partial charge on any atom is -0.315 e. The third-order valence-corrected chi connectivity index (χ3v) is 4.62. The number of hydrogen-bond acceptors (Lipinski definition) is 2. The van der Waals surface area contributed by atoms with Crippen molar-refractivity contribution >= 4 is 15.9 Å². The zero-order chi connectivity index (χ0) is 13.7. The van der Waals surface area contributed by atoms with Crippen molar-refractivity contribution in [3.8, 4) is 0 Å². The maximum absolute atomic E-state index is 3.71. The van der Waals surface area contributed by atoms with Crippen LogP contribution in [0.15, 0.2) is 22.7 Å². The van der Waals surface area contributed by atoms with Crippen molar-refractivity contribution in [3.63, 3.8) is 0 Å². The maximum Gasteiger partial charge on any atom is 0.0248 e. The van der Waals surface area contributed by atoms with Gasteiger partial charge >= 0.3 is 0 Å². The van der Waals surface area contributed by atoms with E-state index in [9.17, 15) is 0 Å². The van der Waals surface area contributed by atoms with Crippen molar-refractivity contribution in [2.75, 3.05) is 19.6 Å². The number of nitrogens with zero attached hydrogens (tertiary/aromatic N) is 1. The highest BCUT2D eigenvalue weighted by Crippen LogP contribution is 2.22. The molecule has 1 unspecified atom stereocenters. The number of nitrogens with one attached hydrogen (secondary N) is 1. The van der Waals surface area contributed by atoms with E-state index in [1.807, 2.05) is 0 Å². The normalized spacial score (nSPS) is 19.9. The van der Waals surface area contributed by atoms with Crippen LogP contribution in [0.25, 0.3) is 0 Å². The van der Waals surface area contributed by atoms with E-state index in [-0.39, 0.29) is 0 Å². The number of aryl methyl sites for hydroxylation is 1. The molecule has 0 aliphatic carbocycles. The molecule has 2 rings (SSSR count). The Kier molecular flexibility index (Phi) is 5.86. The standard InChI is InChI=1S/C16H25BrN2/c1-3-9-19(15-5-4-8-18-11-15)12-14-7-6-13(2)10-16(14)17/h6-7,10,15,18H,3-5,8-9,11-12H2,1-2H3. The number of piperidine rings is 1. The molecule has 1 fully saturated rings. The molecular formula is C16H25BrN2. The van der Waals surface area contributed by atoms with Gasteiger partial charge in [-0.1, -0.05) is 35.0 Å². The second-order valence-corrected chi connectivity index (χ2v) is 6.42. The van der Waals surface area contributed by atoms with Crippen LogP contribution < -0.4 is 5.32 Å². The van der Waals surface area contributed by atoms with Gasteiger partial charge in [-0.3, -0.25) is 4.90 Å². The summed E-state index contributed by atoms with van der Waals surface area (Å²) in [6.45, 7) is 8.98. The highest BCUT2D eigenvalue weighted by molar-refractivity contribution is 9.10. The number of rotatable bonds is 5. The SMILES string of the molecule is CCCN(Cc1ccc(C)cc1Br)C1CCCNC1. The fourth-order valence-corrected chi connectivity index (χ4v) is 3.44. The van der Waals surface area contributed by atoms with Crippen molar-refractivity contribution in [3.05, 3.63) is 33.8 Å². The van der Waals surface area contributed by atoms with Crippen LogP contribution in [0.1, 0.15) is 37.3 Å². The molecule has 0 amide bonds. The summed E-state index contributed by atoms with van der Waals surface area (Å²) in [5.41, 5.74) is 2.72. The van der Waals surface area contributed by atoms with Gasteiger partial charge in [-0.15, -0.1) is 0 Å². The average molecular weight is 325 g/mol. The van der Waals surface area contributed by atoms with Crippen LogP contribution in [0.3, 0.4) is 0 Å². The molecule has 0 spiro atoms. The van der Waals surface area contributed by atoms with Crippen LogP contribution in [0, 0.1) is 6.92 Å². The van der Waals surface area contributed by atoms with Crippen molar-refractivity contribution in [1.82, 2.24) is 10.2 Å². The smallest absolute Gasteiger partial charge is 0.0248 e. The fourth-order valence-electron chi connectivity index (χ4n) is 2.82. The summed E-state index contributed by atoms with van der Waals surface area (Å²) in [4.78, 5) is 2.64. The van der Waals surface area contributed by atoms with Gasteiger partial charge in [-0.2, -0.15) is 0 Å². The Hall–Kier alpha value is -0.380. The number of benzene rings is 1. The quantitative estimate of drug-likeness (QED) is 0.888. The molecular weight excluding hydrogens is 300 g/mol. The third-order valence-electron chi connectivity index (χ3n) is 3.88. The van der Waals surface area contributed by atoms with Gasteiger partial charge in [0.05, 0.1) is 0 Å². The van der Waals surface area contributed by atoms with E-state index in [4.69, 9.17) is 0 Å². The molecule has 3 heteroatoms. The topological polar surface area (TPSA) is 15.3 Å². The van der Waals surface area contributed by atoms with Crippen molar-refractivity contribution < 1.29 is 0 Å². The van der Waals surface area contributed by atoms with E-state index < -0.39 is 0 Å². The Morgan fingerprint density at radius 3 is 2.89 bits per heavy atom. The lowest BCUT2D eigenvalue weighted by Crippen LogP contribution is -2.45. The lowest BCUT2D eigenvalue weighted by molar-refractivity contribution is 0.157. The molecule has 0 saturated carbocycles. The largest absolute Gasteiger partial charge is 0.315 e. The summed E-state index contributed by atoms with van der Waals surface area (Å²) in [5.74, 6) is 0. The zero-order valence-electron chi connectivity index (χ0n) is 12.1. The van der Waals surface area contributed by atoms with Crippen molar-refractivity contribution in [2.24, 2.45) is 0 Å². The molecule has 1 N–H and O–H groups in total. The van der Waals surface area contributed by atoms with E-state index in [0.717, 1.165) is 13.1 Å². The number of hydrogen-bond donors (Lipinski definition) is 1. The summed E-state index contributed by atoms with van der Waals surface area (Å²) < 4.78 is 1.25. The molecule has 1 atom stereocenters. The lowest BCUT2D eigenvalue weighted by Gasteiger charge is -2.34. The summed E-state index contributed by atoms with van der Waals surface area (Å²) >= 11 is 3.71. The first-order chi connectivity index (χ1) is 9.20. The molecule has 1 aromatic rings. The van der Waals surface area contributed by atoms with Crippen LogP contribution in [-0.4, -0.2) is 30.6 Å². The Labute approximate surface area is 125 Å². The molecule has 106 valence electrons. The average Bonchev–Trinajstić information content (AvgIpc) is 2.42. The van der Waals surface area contributed by atoms with Crippen LogP contribution in [-0.2, 0) is 6.54 Å². The van der Waals surface area contributed by atoms with Gasteiger partial charge in [0.1, 0.15) is 0 Å². The second kappa shape index (κ2) is 7.41. The minimum absolute atomic E-state index is 0.696. The summed E-state index contributed by atoms with van der Waals surface area (Å²) in [5, 5.41) is 3.53. The van der Waals surface area contributed by atoms with E-state index in [0.29, 0.717) is 6.04 Å². The molecule has 0 radical (unpaired) electrons. The van der Waals surface area contributed by atoms with E-state index in [1.54, 1.807) is 0 Å². The first-order valence-corrected chi connectivity index (χ1v) is 8.19. The Morgan fingerprint density at radius 1 is 1.42 bits per heavy atom. The highest BCUT2D eigenvalue weighted by atomic mass is 79.9. The molecule has 1 aliphatic heterocycles. The van der Waals surface area contributed by atoms with Gasteiger partial charge < -0.3 is 5.32 Å². The molecule has 0 bridgehead atoms. The van der Waals surface area contributed by atoms with Crippen LogP contribution in [0.4, 0.5) is 0 Å². The molecule has 1 heterocycles. The van der Waals surface area contributed by atoms with E-state index in [2.05, 4.69) is 58.2 Å². The molecule has 2 nitrogen and oxygen atoms in total. The zero-order valence-corrected chi connectivity index (χ0v) is 13.7. The van der Waals surface area contributed by atoms with Crippen molar-refractivity contribution in [1.29, 1.82) is 0 Å². The highest BCUT2D eigenvalue weighted by Gasteiger charge is 2.20. The first-order valence-electron chi connectivity index (χ1n) is 7.40. The molecule has 1 aromatic carbocycles. The van der Waals surface area contributed by atoms with Gasteiger partial charge in [0.25, 0.3) is 0 Å². The first kappa shape index (κ1) is 15.0. The van der Waals surface area contributed by atoms with Crippen molar-refractivity contribution in [2.45, 2.75) is 45.7 Å². The number of halogens is 1. The van der Waals surface area contributed by atoms with Gasteiger partial charge in [-0.05, 0) is 56.5 Å². The monoisotopic (exact) mass is 324 g/mol. The van der Waals surface area contributed by atoms with Gasteiger partial charge in [-0.25, -0.2) is 0 Å². The van der Waals surface area contributed by atoms with Crippen LogP contribution in [0.2, 0.25) is 0 Å². The van der Waals surface area contributed by atoms with Crippen LogP contribution >= 0.6 is 15.9 Å². The summed E-state index contributed by atoms with van der Waals surface area (Å²) in [6.07, 6.45) is 3.86. The third kappa shape index (κ3) is 4.30. The maximum atomic E-state index is 3.71.